The van der Waals surface area contributed by atoms with E-state index in [1.54, 1.807) is 0 Å². The van der Waals surface area contributed by atoms with Gasteiger partial charge in [-0.2, -0.15) is 0 Å². The van der Waals surface area contributed by atoms with E-state index in [1.165, 1.54) is 22.9 Å². The number of aryl methyl sites for hydroxylation is 1. The highest BCUT2D eigenvalue weighted by molar-refractivity contribution is 6.39. The minimum Gasteiger partial charge on any atom is -0.348 e. The summed E-state index contributed by atoms with van der Waals surface area (Å²) in [5.74, 6) is -1.17. The molecule has 0 aliphatic carbocycles. The Morgan fingerprint density at radius 3 is 2.41 bits per heavy atom. The van der Waals surface area contributed by atoms with Crippen molar-refractivity contribution in [1.82, 2.24) is 9.88 Å². The van der Waals surface area contributed by atoms with Crippen LogP contribution < -0.4 is 16.2 Å². The van der Waals surface area contributed by atoms with E-state index in [0.29, 0.717) is 18.8 Å². The normalized spacial score (nSPS) is 12.6. The Labute approximate surface area is 130 Å². The van der Waals surface area contributed by atoms with Gasteiger partial charge in [0.1, 0.15) is 0 Å². The van der Waals surface area contributed by atoms with E-state index in [2.05, 4.69) is 31.4 Å². The molecule has 0 aromatic carbocycles. The van der Waals surface area contributed by atoms with E-state index < -0.39 is 11.8 Å². The topological polar surface area (TPSA) is 80.2 Å². The van der Waals surface area contributed by atoms with Gasteiger partial charge in [0.2, 0.25) is 0 Å². The van der Waals surface area contributed by atoms with Crippen LogP contribution in [-0.4, -0.2) is 22.9 Å². The number of amides is 2. The van der Waals surface area contributed by atoms with Gasteiger partial charge in [0.25, 0.3) is 5.56 Å². The van der Waals surface area contributed by atoms with Crippen molar-refractivity contribution in [3.05, 3.63) is 28.7 Å². The van der Waals surface area contributed by atoms with Crippen LogP contribution in [0, 0.1) is 11.3 Å². The number of nitrogens with zero attached hydrogens (tertiary/aromatic N) is 1. The Hall–Kier alpha value is -2.11. The second-order valence-electron chi connectivity index (χ2n) is 6.47. The molecule has 0 aliphatic heterocycles. The van der Waals surface area contributed by atoms with Crippen molar-refractivity contribution < 1.29 is 9.59 Å². The van der Waals surface area contributed by atoms with Crippen molar-refractivity contribution in [2.45, 2.75) is 41.2 Å². The molecule has 2 N–H and O–H groups in total. The number of carbonyl (C=O) groups excluding carboxylic acids is 2. The van der Waals surface area contributed by atoms with Gasteiger partial charge < -0.3 is 15.2 Å². The maximum absolute atomic E-state index is 11.8. The fourth-order valence-corrected chi connectivity index (χ4v) is 1.67. The van der Waals surface area contributed by atoms with Gasteiger partial charge in [-0.25, -0.2) is 0 Å². The van der Waals surface area contributed by atoms with Gasteiger partial charge in [0.15, 0.2) is 0 Å². The lowest BCUT2D eigenvalue weighted by Crippen LogP contribution is -2.40. The van der Waals surface area contributed by atoms with Gasteiger partial charge in [-0.1, -0.05) is 27.7 Å². The van der Waals surface area contributed by atoms with Gasteiger partial charge in [-0.05, 0) is 24.3 Å². The number of anilines is 1. The second-order valence-corrected chi connectivity index (χ2v) is 6.47. The van der Waals surface area contributed by atoms with Crippen LogP contribution in [-0.2, 0) is 16.1 Å². The van der Waals surface area contributed by atoms with Crippen molar-refractivity contribution in [3.8, 4) is 0 Å². The standard InChI is InChI=1S/C16H25N3O3/c1-6-19-10-12(7-8-13(19)20)18-15(22)14(21)17-9-11(2)16(3,4)5/h7-8,10-11H,6,9H2,1-5H3,(H,17,21)(H,18,22). The number of aromatic nitrogens is 1. The first-order valence-electron chi connectivity index (χ1n) is 7.44. The summed E-state index contributed by atoms with van der Waals surface area (Å²) in [5.41, 5.74) is 0.329. The summed E-state index contributed by atoms with van der Waals surface area (Å²) in [5, 5.41) is 5.12. The van der Waals surface area contributed by atoms with Crippen LogP contribution in [0.2, 0.25) is 0 Å². The number of pyridine rings is 1. The van der Waals surface area contributed by atoms with E-state index in [0.717, 1.165) is 0 Å². The predicted octanol–water partition coefficient (Wildman–Crippen LogP) is 1.61. The number of hydrogen-bond donors (Lipinski definition) is 2. The molecule has 0 saturated carbocycles. The lowest BCUT2D eigenvalue weighted by Gasteiger charge is -2.27. The molecule has 0 radical (unpaired) electrons. The number of rotatable bonds is 4. The average molecular weight is 307 g/mol. The molecule has 0 saturated heterocycles. The van der Waals surface area contributed by atoms with Crippen molar-refractivity contribution in [2.75, 3.05) is 11.9 Å². The molecule has 1 aromatic heterocycles. The molecule has 0 fully saturated rings. The number of hydrogen-bond acceptors (Lipinski definition) is 3. The fraction of sp³-hybridized carbons (Fsp3) is 0.562. The summed E-state index contributed by atoms with van der Waals surface area (Å²) in [6, 6.07) is 2.84. The summed E-state index contributed by atoms with van der Waals surface area (Å²) in [4.78, 5) is 35.1. The van der Waals surface area contributed by atoms with Crippen molar-refractivity contribution >= 4 is 17.5 Å². The van der Waals surface area contributed by atoms with Crippen molar-refractivity contribution in [2.24, 2.45) is 11.3 Å². The quantitative estimate of drug-likeness (QED) is 0.829. The highest BCUT2D eigenvalue weighted by atomic mass is 16.2. The molecule has 2 amide bonds. The molecule has 6 nitrogen and oxygen atoms in total. The largest absolute Gasteiger partial charge is 0.348 e. The summed E-state index contributed by atoms with van der Waals surface area (Å²) in [6.45, 7) is 11.0. The Kier molecular flexibility index (Phi) is 5.91. The Morgan fingerprint density at radius 1 is 1.23 bits per heavy atom. The van der Waals surface area contributed by atoms with E-state index in [9.17, 15) is 14.4 Å². The van der Waals surface area contributed by atoms with Gasteiger partial charge in [-0.15, -0.1) is 0 Å². The van der Waals surface area contributed by atoms with Gasteiger partial charge in [0.05, 0.1) is 5.69 Å². The number of carbonyl (C=O) groups is 2. The molecule has 0 aliphatic rings. The van der Waals surface area contributed by atoms with Gasteiger partial charge in [0, 0.05) is 25.4 Å². The monoisotopic (exact) mass is 307 g/mol. The zero-order valence-corrected chi connectivity index (χ0v) is 13.9. The van der Waals surface area contributed by atoms with Crippen molar-refractivity contribution in [1.29, 1.82) is 0 Å². The second kappa shape index (κ2) is 7.24. The van der Waals surface area contributed by atoms with Crippen LogP contribution in [0.15, 0.2) is 23.1 Å². The third-order valence-electron chi connectivity index (χ3n) is 3.84. The maximum atomic E-state index is 11.8. The van der Waals surface area contributed by atoms with E-state index >= 15 is 0 Å². The Bertz CT molecular complexity index is 599. The molecule has 1 heterocycles. The van der Waals surface area contributed by atoms with Crippen LogP contribution in [0.5, 0.6) is 0 Å². The number of nitrogens with one attached hydrogen (secondary N) is 2. The summed E-state index contributed by atoms with van der Waals surface area (Å²) in [6.07, 6.45) is 1.52. The van der Waals surface area contributed by atoms with Crippen LogP contribution >= 0.6 is 0 Å². The fourth-order valence-electron chi connectivity index (χ4n) is 1.67. The summed E-state index contributed by atoms with van der Waals surface area (Å²) in [7, 11) is 0. The molecule has 0 spiro atoms. The zero-order valence-electron chi connectivity index (χ0n) is 13.9. The lowest BCUT2D eigenvalue weighted by molar-refractivity contribution is -0.136. The van der Waals surface area contributed by atoms with E-state index in [1.807, 2.05) is 13.8 Å². The first-order valence-corrected chi connectivity index (χ1v) is 7.44. The molecule has 1 rings (SSSR count). The molecule has 1 unspecified atom stereocenters. The molecular weight excluding hydrogens is 282 g/mol. The minimum absolute atomic E-state index is 0.0559. The zero-order chi connectivity index (χ0) is 16.9. The van der Waals surface area contributed by atoms with Crippen LogP contribution in [0.3, 0.4) is 0 Å². The molecule has 122 valence electrons. The van der Waals surface area contributed by atoms with E-state index in [-0.39, 0.29) is 16.9 Å². The molecular formula is C16H25N3O3. The average Bonchev–Trinajstić information content (AvgIpc) is 2.45. The SMILES string of the molecule is CCn1cc(NC(=O)C(=O)NCC(C)C(C)(C)C)ccc1=O. The predicted molar refractivity (Wildman–Crippen MR) is 86.6 cm³/mol. The summed E-state index contributed by atoms with van der Waals surface area (Å²) >= 11 is 0. The van der Waals surface area contributed by atoms with Crippen LogP contribution in [0.4, 0.5) is 5.69 Å². The third kappa shape index (κ3) is 5.02. The Morgan fingerprint density at radius 2 is 1.86 bits per heavy atom. The molecule has 22 heavy (non-hydrogen) atoms. The molecule has 1 atom stereocenters. The highest BCUT2D eigenvalue weighted by Crippen LogP contribution is 2.24. The Balaban J connectivity index is 2.62. The first kappa shape index (κ1) is 17.9. The van der Waals surface area contributed by atoms with Crippen LogP contribution in [0.25, 0.3) is 0 Å². The lowest BCUT2D eigenvalue weighted by atomic mass is 9.82. The van der Waals surface area contributed by atoms with E-state index in [4.69, 9.17) is 0 Å². The van der Waals surface area contributed by atoms with Gasteiger partial charge >= 0.3 is 11.8 Å². The first-order chi connectivity index (χ1) is 10.1. The molecule has 6 heteroatoms. The minimum atomic E-state index is -0.734. The molecule has 1 aromatic rings. The molecule has 0 bridgehead atoms. The maximum Gasteiger partial charge on any atom is 0.313 e. The van der Waals surface area contributed by atoms with Crippen LogP contribution in [0.1, 0.15) is 34.6 Å². The highest BCUT2D eigenvalue weighted by Gasteiger charge is 2.22. The van der Waals surface area contributed by atoms with Crippen molar-refractivity contribution in [3.63, 3.8) is 0 Å². The smallest absolute Gasteiger partial charge is 0.313 e. The summed E-state index contributed by atoms with van der Waals surface area (Å²) < 4.78 is 1.45. The third-order valence-corrected chi connectivity index (χ3v) is 3.84. The van der Waals surface area contributed by atoms with Gasteiger partial charge in [-0.3, -0.25) is 14.4 Å².